The van der Waals surface area contributed by atoms with Crippen LogP contribution in [0.5, 0.6) is 0 Å². The molecule has 2 aromatic rings. The summed E-state index contributed by atoms with van der Waals surface area (Å²) < 4.78 is 109. The Bertz CT molecular complexity index is 1940. The van der Waals surface area contributed by atoms with Crippen LogP contribution >= 0.6 is 0 Å². The van der Waals surface area contributed by atoms with E-state index < -0.39 is 118 Å². The first-order valence-corrected chi connectivity index (χ1v) is 17.3. The minimum Gasteiger partial charge on any atom is -0.379 e. The molecule has 0 aromatic heterocycles. The summed E-state index contributed by atoms with van der Waals surface area (Å²) in [5, 5.41) is 9.97. The lowest BCUT2D eigenvalue weighted by molar-refractivity contribution is -0.135. The molecular formula is C40H57N5O7. The Hall–Kier alpha value is -4.13. The van der Waals surface area contributed by atoms with E-state index in [1.807, 2.05) is 0 Å². The second kappa shape index (κ2) is 19.6. The van der Waals surface area contributed by atoms with Crippen LogP contribution in [0.2, 0.25) is 0 Å². The van der Waals surface area contributed by atoms with Gasteiger partial charge >= 0.3 is 0 Å². The highest BCUT2D eigenvalue weighted by Gasteiger charge is 2.50. The summed E-state index contributed by atoms with van der Waals surface area (Å²) in [6, 6.07) is 9.73. The van der Waals surface area contributed by atoms with Crippen molar-refractivity contribution in [2.75, 3.05) is 39.4 Å². The van der Waals surface area contributed by atoms with Gasteiger partial charge < -0.3 is 30.7 Å². The van der Waals surface area contributed by atoms with E-state index in [2.05, 4.69) is 21.3 Å². The molecule has 52 heavy (non-hydrogen) atoms. The first-order valence-electron chi connectivity index (χ1n) is 23.3. The molecule has 4 N–H and O–H groups in total. The van der Waals surface area contributed by atoms with Gasteiger partial charge in [-0.05, 0) is 55.5 Å². The van der Waals surface area contributed by atoms with Gasteiger partial charge in [-0.25, -0.2) is 0 Å². The number of epoxide rings is 1. The number of amides is 4. The van der Waals surface area contributed by atoms with Crippen molar-refractivity contribution >= 4 is 29.4 Å². The van der Waals surface area contributed by atoms with Crippen molar-refractivity contribution in [2.24, 2.45) is 11.8 Å². The number of Topliss-reactive ketones (excluding diaryl/α,β-unsaturated/α-hetero) is 1. The van der Waals surface area contributed by atoms with Crippen LogP contribution in [-0.4, -0.2) is 103 Å². The maximum Gasteiger partial charge on any atom is 0.243 e. The molecule has 0 spiro atoms. The van der Waals surface area contributed by atoms with Gasteiger partial charge in [0.25, 0.3) is 0 Å². The molecule has 2 fully saturated rings. The van der Waals surface area contributed by atoms with E-state index in [0.717, 1.165) is 5.56 Å². The lowest BCUT2D eigenvalue weighted by Crippen LogP contribution is -2.59. The van der Waals surface area contributed by atoms with Crippen molar-refractivity contribution in [3.63, 3.8) is 0 Å². The number of ether oxygens (including phenoxy) is 2. The van der Waals surface area contributed by atoms with Crippen molar-refractivity contribution in [1.82, 2.24) is 26.2 Å². The highest BCUT2D eigenvalue weighted by Crippen LogP contribution is 2.29. The average molecular weight is 732 g/mol. The van der Waals surface area contributed by atoms with E-state index in [9.17, 15) is 25.3 Å². The van der Waals surface area contributed by atoms with Crippen LogP contribution in [0, 0.1) is 11.8 Å². The van der Waals surface area contributed by atoms with Crippen LogP contribution in [0.15, 0.2) is 60.7 Å². The molecule has 2 aliphatic rings. The minimum absolute atomic E-state index is 0.00817. The highest BCUT2D eigenvalue weighted by molar-refractivity contribution is 5.98. The van der Waals surface area contributed by atoms with Crippen molar-refractivity contribution in [3.8, 4) is 0 Å². The zero-order valence-corrected chi connectivity index (χ0v) is 29.8. The Morgan fingerprint density at radius 2 is 1.40 bits per heavy atom. The standard InChI is InChI=1S/C40H57N5O7/c1-27(2)22-32(36(47)40(5)26-52-40)42-39(50)34(24-30-14-10-7-11-15-30)44-38(49)33(23-28(3)4)43-37(48)31(17-16-29-12-8-6-9-13-29)41-35(46)25-45-18-20-51-21-19-45/h6-15,27-28,31-34H,16-26H2,1-5H3,(H,41,46)(H,42,50)(H,43,48)(H,44,49)/t31-,32+,33-,34-,40+/m0/s1/i1D3,2D3,18D2,19D2,27D,32D. The number of nitrogens with zero attached hydrogens (tertiary/aromatic N) is 1. The van der Waals surface area contributed by atoms with Crippen molar-refractivity contribution in [2.45, 2.75) is 96.3 Å². The zero-order valence-electron chi connectivity index (χ0n) is 41.8. The topological polar surface area (TPSA) is 158 Å². The van der Waals surface area contributed by atoms with Gasteiger partial charge in [-0.3, -0.25) is 28.9 Å². The number of carbonyl (C=O) groups excluding carboxylic acids is 5. The van der Waals surface area contributed by atoms with Crippen LogP contribution in [0.1, 0.15) is 81.3 Å². The number of morpholine rings is 1. The Kier molecular flexibility index (Phi) is 10.0. The van der Waals surface area contributed by atoms with Crippen molar-refractivity contribution < 1.29 is 49.9 Å². The molecule has 4 amide bonds. The summed E-state index contributed by atoms with van der Waals surface area (Å²) in [5.74, 6) is -8.75. The number of benzene rings is 2. The SMILES string of the molecule is [2H]C1([2H])COCC([2H])([2H])N1CC(=O)N[C@@H](CCc1ccccc1)C(=O)N[C@@H](CC(C)C)C(=O)N[C@@H](Cc1ccccc1)C(=O)N[C@]([2H])(CC([2H])(C([2H])([2H])[2H])C([2H])([2H])[2H])C(=O)[C@@]1(C)CO1. The summed E-state index contributed by atoms with van der Waals surface area (Å²) in [7, 11) is 0. The molecule has 0 aliphatic carbocycles. The van der Waals surface area contributed by atoms with E-state index in [0.29, 0.717) is 10.5 Å². The van der Waals surface area contributed by atoms with E-state index in [1.165, 1.54) is 6.92 Å². The summed E-state index contributed by atoms with van der Waals surface area (Å²) in [5.41, 5.74) is -0.437. The van der Waals surface area contributed by atoms with E-state index >= 15 is 0 Å². The number of ketones is 1. The van der Waals surface area contributed by atoms with E-state index in [4.69, 9.17) is 24.6 Å². The molecule has 2 aromatic carbocycles. The van der Waals surface area contributed by atoms with Crippen molar-refractivity contribution in [1.29, 1.82) is 0 Å². The maximum absolute atomic E-state index is 14.3. The highest BCUT2D eigenvalue weighted by atomic mass is 16.6. The van der Waals surface area contributed by atoms with E-state index in [-0.39, 0.29) is 38.2 Å². The largest absolute Gasteiger partial charge is 0.379 e. The van der Waals surface area contributed by atoms with Crippen LogP contribution in [0.25, 0.3) is 0 Å². The summed E-state index contributed by atoms with van der Waals surface area (Å²) in [6.07, 6.45) is -1.54. The first kappa shape index (κ1) is 26.6. The minimum atomic E-state index is -3.57. The molecule has 2 heterocycles. The number of aryl methyl sites for hydroxylation is 1. The van der Waals surface area contributed by atoms with E-state index in [1.54, 1.807) is 74.5 Å². The first-order chi connectivity index (χ1) is 29.4. The van der Waals surface area contributed by atoms with Gasteiger partial charge in [-0.15, -0.1) is 0 Å². The van der Waals surface area contributed by atoms with Crippen LogP contribution < -0.4 is 21.3 Å². The van der Waals surface area contributed by atoms with Crippen LogP contribution in [-0.2, 0) is 46.3 Å². The normalized spacial score (nSPS) is 26.2. The molecule has 0 bridgehead atoms. The lowest BCUT2D eigenvalue weighted by Gasteiger charge is -2.29. The molecule has 5 atom stereocenters. The summed E-state index contributed by atoms with van der Waals surface area (Å²) in [4.78, 5) is 70.8. The molecule has 4 rings (SSSR count). The molecule has 0 unspecified atom stereocenters. The number of rotatable bonds is 20. The molecule has 284 valence electrons. The van der Waals surface area contributed by atoms with Gasteiger partial charge in [0.15, 0.2) is 5.78 Å². The monoisotopic (exact) mass is 732 g/mol. The second-order valence-corrected chi connectivity index (χ2v) is 13.5. The van der Waals surface area contributed by atoms with Gasteiger partial charge in [0.2, 0.25) is 23.6 Å². The molecule has 2 aliphatic heterocycles. The van der Waals surface area contributed by atoms with Crippen LogP contribution in [0.4, 0.5) is 0 Å². The van der Waals surface area contributed by atoms with Gasteiger partial charge in [-0.1, -0.05) is 88.2 Å². The predicted octanol–water partition coefficient (Wildman–Crippen LogP) is 2.58. The Balaban J connectivity index is 1.65. The van der Waals surface area contributed by atoms with Gasteiger partial charge in [0.05, 0.1) is 33.8 Å². The number of hydrogen-bond acceptors (Lipinski definition) is 8. The molecule has 12 nitrogen and oxygen atoms in total. The summed E-state index contributed by atoms with van der Waals surface area (Å²) >= 11 is 0. The fourth-order valence-corrected chi connectivity index (χ4v) is 5.53. The molecule has 0 radical (unpaired) electrons. The fraction of sp³-hybridized carbons (Fsp3) is 0.575. The van der Waals surface area contributed by atoms with Gasteiger partial charge in [0, 0.05) is 34.5 Å². The van der Waals surface area contributed by atoms with Gasteiger partial charge in [-0.2, -0.15) is 0 Å². The third-order valence-corrected chi connectivity index (χ3v) is 8.45. The average Bonchev–Trinajstić information content (AvgIpc) is 3.94. The maximum atomic E-state index is 14.3. The van der Waals surface area contributed by atoms with Crippen molar-refractivity contribution in [3.05, 3.63) is 71.8 Å². The second-order valence-electron chi connectivity index (χ2n) is 13.5. The third kappa shape index (κ3) is 13.1. The molecule has 12 heteroatoms. The van der Waals surface area contributed by atoms with Gasteiger partial charge in [0.1, 0.15) is 23.7 Å². The number of carbonyl (C=O) groups is 5. The Labute approximate surface area is 325 Å². The molecular weight excluding hydrogens is 662 g/mol. The third-order valence-electron chi connectivity index (χ3n) is 8.45. The smallest absolute Gasteiger partial charge is 0.243 e. The quantitative estimate of drug-likeness (QED) is 0.152. The fourth-order valence-electron chi connectivity index (χ4n) is 5.53. The molecule has 0 saturated carbocycles. The molecule has 2 saturated heterocycles. The Morgan fingerprint density at radius 3 is 2.00 bits per heavy atom. The Morgan fingerprint density at radius 1 is 0.827 bits per heavy atom. The lowest BCUT2D eigenvalue weighted by atomic mass is 9.93. The zero-order chi connectivity index (χ0) is 48.1. The van der Waals surface area contributed by atoms with Crippen LogP contribution in [0.3, 0.4) is 0 Å². The number of nitrogens with one attached hydrogen (secondary N) is 4. The predicted molar refractivity (Wildman–Crippen MR) is 198 cm³/mol. The number of hydrogen-bond donors (Lipinski definition) is 4. The summed E-state index contributed by atoms with van der Waals surface area (Å²) in [6.45, 7) is -9.12.